The number of rotatable bonds is 3. The number of hydrogen-bond donors (Lipinski definition) is 2. The van der Waals surface area contributed by atoms with Gasteiger partial charge in [-0.1, -0.05) is 0 Å². The van der Waals surface area contributed by atoms with Crippen LogP contribution in [0, 0.1) is 0 Å². The maximum absolute atomic E-state index is 12.0. The number of imide groups is 1. The highest BCUT2D eigenvalue weighted by atomic mass is 16.5. The number of nitrogens with zero attached hydrogens (tertiary/aromatic N) is 3. The van der Waals surface area contributed by atoms with Crippen molar-refractivity contribution < 1.29 is 14.3 Å². The average molecular weight is 305 g/mol. The molecule has 1 saturated heterocycles. The first kappa shape index (κ1) is 14.6. The molecule has 8 nitrogen and oxygen atoms in total. The summed E-state index contributed by atoms with van der Waals surface area (Å²) >= 11 is 0. The van der Waals surface area contributed by atoms with E-state index in [2.05, 4.69) is 20.6 Å². The van der Waals surface area contributed by atoms with E-state index in [1.54, 1.807) is 18.6 Å². The average Bonchev–Trinajstić information content (AvgIpc) is 2.96. The van der Waals surface area contributed by atoms with Crippen molar-refractivity contribution in [3.63, 3.8) is 0 Å². The zero-order valence-corrected chi connectivity index (χ0v) is 12.2. The first-order valence-corrected chi connectivity index (χ1v) is 7.51. The van der Waals surface area contributed by atoms with E-state index in [0.29, 0.717) is 19.0 Å². The van der Waals surface area contributed by atoms with Gasteiger partial charge in [0.25, 0.3) is 0 Å². The van der Waals surface area contributed by atoms with Crippen LogP contribution in [0.25, 0.3) is 0 Å². The summed E-state index contributed by atoms with van der Waals surface area (Å²) in [5, 5.41) is 5.53. The molecule has 0 aromatic carbocycles. The lowest BCUT2D eigenvalue weighted by Crippen LogP contribution is -2.47. The Bertz CT molecular complexity index is 531. The molecular formula is C14H19N5O3. The maximum atomic E-state index is 12.0. The third-order valence-electron chi connectivity index (χ3n) is 3.93. The molecule has 1 aromatic rings. The van der Waals surface area contributed by atoms with Crippen molar-refractivity contribution in [1.82, 2.24) is 25.5 Å². The summed E-state index contributed by atoms with van der Waals surface area (Å²) in [5.41, 5.74) is 0. The highest BCUT2D eigenvalue weighted by molar-refractivity contribution is 5.95. The number of carbonyl (C=O) groups excluding carboxylic acids is 2. The predicted octanol–water partition coefficient (Wildman–Crippen LogP) is 0.901. The molecule has 1 aliphatic carbocycles. The van der Waals surface area contributed by atoms with Gasteiger partial charge >= 0.3 is 12.1 Å². The molecule has 0 spiro atoms. The van der Waals surface area contributed by atoms with Crippen LogP contribution in [0.3, 0.4) is 0 Å². The van der Waals surface area contributed by atoms with E-state index in [4.69, 9.17) is 4.74 Å². The number of nitrogens with one attached hydrogen (secondary N) is 2. The fourth-order valence-electron chi connectivity index (χ4n) is 2.76. The van der Waals surface area contributed by atoms with E-state index in [1.807, 2.05) is 0 Å². The Hall–Kier alpha value is -2.38. The first-order valence-electron chi connectivity index (χ1n) is 7.51. The highest BCUT2D eigenvalue weighted by Gasteiger charge is 2.29. The summed E-state index contributed by atoms with van der Waals surface area (Å²) in [6.07, 6.45) is 8.23. The second kappa shape index (κ2) is 6.59. The Balaban J connectivity index is 1.44. The summed E-state index contributed by atoms with van der Waals surface area (Å²) < 4.78 is 5.76. The van der Waals surface area contributed by atoms with Gasteiger partial charge in [-0.15, -0.1) is 0 Å². The topological polar surface area (TPSA) is 96.5 Å². The lowest BCUT2D eigenvalue weighted by molar-refractivity contribution is 0.132. The van der Waals surface area contributed by atoms with E-state index in [9.17, 15) is 9.59 Å². The quantitative estimate of drug-likeness (QED) is 0.865. The lowest BCUT2D eigenvalue weighted by Gasteiger charge is -2.29. The minimum Gasteiger partial charge on any atom is -0.473 e. The number of carbonyl (C=O) groups is 2. The van der Waals surface area contributed by atoms with E-state index in [1.165, 1.54) is 4.90 Å². The van der Waals surface area contributed by atoms with Crippen LogP contribution in [0.2, 0.25) is 0 Å². The van der Waals surface area contributed by atoms with Gasteiger partial charge in [0.05, 0.1) is 6.20 Å². The van der Waals surface area contributed by atoms with Crippen LogP contribution in [0.15, 0.2) is 18.6 Å². The van der Waals surface area contributed by atoms with E-state index in [0.717, 1.165) is 25.7 Å². The molecule has 8 heteroatoms. The van der Waals surface area contributed by atoms with Crippen LogP contribution in [0.4, 0.5) is 9.59 Å². The maximum Gasteiger partial charge on any atom is 0.325 e. The van der Waals surface area contributed by atoms with Gasteiger partial charge in [0, 0.05) is 31.5 Å². The van der Waals surface area contributed by atoms with Gasteiger partial charge in [0.1, 0.15) is 6.10 Å². The number of aromatic nitrogens is 2. The molecule has 0 radical (unpaired) electrons. The largest absolute Gasteiger partial charge is 0.473 e. The second-order valence-electron chi connectivity index (χ2n) is 5.47. The summed E-state index contributed by atoms with van der Waals surface area (Å²) in [7, 11) is 0. The Kier molecular flexibility index (Phi) is 4.36. The van der Waals surface area contributed by atoms with Gasteiger partial charge in [-0.05, 0) is 25.7 Å². The lowest BCUT2D eigenvalue weighted by atomic mass is 9.93. The van der Waals surface area contributed by atoms with Crippen LogP contribution >= 0.6 is 0 Å². The predicted molar refractivity (Wildman–Crippen MR) is 77.3 cm³/mol. The molecule has 22 heavy (non-hydrogen) atoms. The van der Waals surface area contributed by atoms with Gasteiger partial charge < -0.3 is 15.4 Å². The molecule has 1 aromatic heterocycles. The molecule has 0 bridgehead atoms. The van der Waals surface area contributed by atoms with E-state index >= 15 is 0 Å². The van der Waals surface area contributed by atoms with Crippen LogP contribution in [-0.2, 0) is 0 Å². The second-order valence-corrected chi connectivity index (χ2v) is 5.47. The number of ether oxygens (including phenoxy) is 1. The van der Waals surface area contributed by atoms with E-state index in [-0.39, 0.29) is 24.2 Å². The van der Waals surface area contributed by atoms with Crippen LogP contribution in [-0.4, -0.2) is 52.2 Å². The summed E-state index contributed by atoms with van der Waals surface area (Å²) in [4.78, 5) is 32.7. The molecule has 2 N–H and O–H groups in total. The fourth-order valence-corrected chi connectivity index (χ4v) is 2.76. The number of hydrogen-bond acceptors (Lipinski definition) is 5. The number of urea groups is 2. The molecule has 1 aliphatic heterocycles. The molecule has 4 amide bonds. The standard InChI is InChI=1S/C14H19N5O3/c20-13-17-7-8-19(13)14(21)18-10-1-3-11(4-2-10)22-12-9-15-5-6-16-12/h5-6,9-11H,1-4,7-8H2,(H,17,20)(H,18,21). The Morgan fingerprint density at radius 1 is 1.32 bits per heavy atom. The van der Waals surface area contributed by atoms with Crippen molar-refractivity contribution in [1.29, 1.82) is 0 Å². The van der Waals surface area contributed by atoms with Gasteiger partial charge in [-0.3, -0.25) is 4.98 Å². The van der Waals surface area contributed by atoms with Crippen molar-refractivity contribution in [3.8, 4) is 5.88 Å². The van der Waals surface area contributed by atoms with Crippen molar-refractivity contribution in [2.75, 3.05) is 13.1 Å². The first-order chi connectivity index (χ1) is 10.7. The Morgan fingerprint density at radius 3 is 2.77 bits per heavy atom. The molecule has 2 aliphatic rings. The van der Waals surface area contributed by atoms with Crippen molar-refractivity contribution in [3.05, 3.63) is 18.6 Å². The molecule has 1 saturated carbocycles. The third kappa shape index (κ3) is 3.44. The minimum atomic E-state index is -0.322. The minimum absolute atomic E-state index is 0.0857. The molecular weight excluding hydrogens is 286 g/mol. The smallest absolute Gasteiger partial charge is 0.325 e. The van der Waals surface area contributed by atoms with Gasteiger partial charge in [-0.2, -0.15) is 0 Å². The molecule has 2 heterocycles. The third-order valence-corrected chi connectivity index (χ3v) is 3.93. The summed E-state index contributed by atoms with van der Waals surface area (Å²) in [5.74, 6) is 0.531. The molecule has 3 rings (SSSR count). The fraction of sp³-hybridized carbons (Fsp3) is 0.571. The summed E-state index contributed by atoms with van der Waals surface area (Å²) in [6, 6.07) is -0.548. The SMILES string of the molecule is O=C1NCCN1C(=O)NC1CCC(Oc2cnccn2)CC1. The van der Waals surface area contributed by atoms with Crippen LogP contribution < -0.4 is 15.4 Å². The highest BCUT2D eigenvalue weighted by Crippen LogP contribution is 2.22. The monoisotopic (exact) mass is 305 g/mol. The molecule has 0 unspecified atom stereocenters. The molecule has 0 atom stereocenters. The summed E-state index contributed by atoms with van der Waals surface area (Å²) in [6.45, 7) is 0.945. The van der Waals surface area contributed by atoms with Crippen molar-refractivity contribution in [2.24, 2.45) is 0 Å². The number of amides is 4. The Morgan fingerprint density at radius 2 is 2.14 bits per heavy atom. The molecule has 118 valence electrons. The van der Waals surface area contributed by atoms with E-state index < -0.39 is 0 Å². The molecule has 2 fully saturated rings. The van der Waals surface area contributed by atoms with Gasteiger partial charge in [-0.25, -0.2) is 19.5 Å². The zero-order chi connectivity index (χ0) is 15.4. The van der Waals surface area contributed by atoms with Crippen LogP contribution in [0.1, 0.15) is 25.7 Å². The van der Waals surface area contributed by atoms with Gasteiger partial charge in [0.15, 0.2) is 0 Å². The van der Waals surface area contributed by atoms with Crippen molar-refractivity contribution in [2.45, 2.75) is 37.8 Å². The van der Waals surface area contributed by atoms with Crippen molar-refractivity contribution >= 4 is 12.1 Å². The van der Waals surface area contributed by atoms with Crippen LogP contribution in [0.5, 0.6) is 5.88 Å². The normalized spacial score (nSPS) is 24.7. The van der Waals surface area contributed by atoms with Gasteiger partial charge in [0.2, 0.25) is 5.88 Å². The Labute approximate surface area is 128 Å². The zero-order valence-electron chi connectivity index (χ0n) is 12.2.